The van der Waals surface area contributed by atoms with Crippen molar-refractivity contribution in [1.82, 2.24) is 10.2 Å². The molecule has 0 unspecified atom stereocenters. The quantitative estimate of drug-likeness (QED) is 0.590. The number of amides is 1. The SMILES string of the molecule is COc1ccc(NC(=O)CSc2nnc(Nc3cccc(F)c3)s2)cc1. The Balaban J connectivity index is 1.50. The summed E-state index contributed by atoms with van der Waals surface area (Å²) in [5, 5.41) is 14.3. The van der Waals surface area contributed by atoms with E-state index in [0.29, 0.717) is 20.8 Å². The third-order valence-corrected chi connectivity index (χ3v) is 5.15. The van der Waals surface area contributed by atoms with Gasteiger partial charge in [-0.15, -0.1) is 10.2 Å². The van der Waals surface area contributed by atoms with Gasteiger partial charge in [0.15, 0.2) is 4.34 Å². The van der Waals surface area contributed by atoms with Crippen LogP contribution >= 0.6 is 23.1 Å². The van der Waals surface area contributed by atoms with E-state index in [9.17, 15) is 9.18 Å². The lowest BCUT2D eigenvalue weighted by molar-refractivity contribution is -0.113. The van der Waals surface area contributed by atoms with Crippen molar-refractivity contribution in [2.24, 2.45) is 0 Å². The average Bonchev–Trinajstić information content (AvgIpc) is 3.08. The molecule has 1 heterocycles. The maximum atomic E-state index is 13.2. The van der Waals surface area contributed by atoms with Gasteiger partial charge in [-0.3, -0.25) is 4.79 Å². The zero-order valence-corrected chi connectivity index (χ0v) is 15.4. The van der Waals surface area contributed by atoms with Gasteiger partial charge in [-0.05, 0) is 42.5 Å². The van der Waals surface area contributed by atoms with Crippen LogP contribution in [0.4, 0.5) is 20.9 Å². The second kappa shape index (κ2) is 8.63. The molecule has 3 aromatic rings. The molecule has 0 fully saturated rings. The summed E-state index contributed by atoms with van der Waals surface area (Å²) in [6, 6.07) is 13.2. The first-order valence-electron chi connectivity index (χ1n) is 7.55. The van der Waals surface area contributed by atoms with Crippen LogP contribution in [0.1, 0.15) is 0 Å². The summed E-state index contributed by atoms with van der Waals surface area (Å²) >= 11 is 2.58. The van der Waals surface area contributed by atoms with Crippen molar-refractivity contribution in [3.63, 3.8) is 0 Å². The minimum absolute atomic E-state index is 0.144. The summed E-state index contributed by atoms with van der Waals surface area (Å²) in [5.74, 6) is 0.463. The number of rotatable bonds is 7. The van der Waals surface area contributed by atoms with Gasteiger partial charge in [-0.2, -0.15) is 0 Å². The Hall–Kier alpha value is -2.65. The molecule has 1 amide bonds. The fraction of sp³-hybridized carbons (Fsp3) is 0.118. The molecule has 0 radical (unpaired) electrons. The summed E-state index contributed by atoms with van der Waals surface area (Å²) in [6.07, 6.45) is 0. The van der Waals surface area contributed by atoms with Crippen LogP contribution in [-0.4, -0.2) is 29.0 Å². The summed E-state index contributed by atoms with van der Waals surface area (Å²) in [7, 11) is 1.59. The topological polar surface area (TPSA) is 76.1 Å². The third kappa shape index (κ3) is 5.17. The van der Waals surface area contributed by atoms with Gasteiger partial charge in [0.2, 0.25) is 11.0 Å². The van der Waals surface area contributed by atoms with Gasteiger partial charge in [0.05, 0.1) is 12.9 Å². The fourth-order valence-electron chi connectivity index (χ4n) is 2.01. The second-order valence-corrected chi connectivity index (χ2v) is 7.27. The molecular weight excluding hydrogens is 375 g/mol. The van der Waals surface area contributed by atoms with E-state index in [1.165, 1.54) is 35.2 Å². The molecule has 0 aliphatic heterocycles. The zero-order chi connectivity index (χ0) is 18.4. The normalized spacial score (nSPS) is 10.4. The van der Waals surface area contributed by atoms with Crippen molar-refractivity contribution in [2.75, 3.05) is 23.5 Å². The lowest BCUT2D eigenvalue weighted by Gasteiger charge is -2.05. The van der Waals surface area contributed by atoms with Gasteiger partial charge < -0.3 is 15.4 Å². The maximum Gasteiger partial charge on any atom is 0.234 e. The van der Waals surface area contributed by atoms with Crippen LogP contribution in [0.15, 0.2) is 52.9 Å². The molecule has 0 bridgehead atoms. The number of nitrogens with one attached hydrogen (secondary N) is 2. The van der Waals surface area contributed by atoms with E-state index in [1.807, 2.05) is 0 Å². The summed E-state index contributed by atoms with van der Waals surface area (Å²) in [4.78, 5) is 12.0. The van der Waals surface area contributed by atoms with E-state index in [0.717, 1.165) is 5.75 Å². The van der Waals surface area contributed by atoms with Crippen LogP contribution in [0.25, 0.3) is 0 Å². The van der Waals surface area contributed by atoms with Crippen LogP contribution in [0.2, 0.25) is 0 Å². The van der Waals surface area contributed by atoms with E-state index in [-0.39, 0.29) is 17.5 Å². The molecule has 3 rings (SSSR count). The minimum atomic E-state index is -0.329. The lowest BCUT2D eigenvalue weighted by atomic mass is 10.3. The van der Waals surface area contributed by atoms with Crippen LogP contribution in [-0.2, 0) is 4.79 Å². The maximum absolute atomic E-state index is 13.2. The first kappa shape index (κ1) is 18.2. The zero-order valence-electron chi connectivity index (χ0n) is 13.7. The molecule has 0 spiro atoms. The highest BCUT2D eigenvalue weighted by molar-refractivity contribution is 8.01. The van der Waals surface area contributed by atoms with Crippen LogP contribution in [0, 0.1) is 5.82 Å². The molecule has 2 N–H and O–H groups in total. The number of anilines is 3. The molecule has 1 aromatic heterocycles. The number of aromatic nitrogens is 2. The molecule has 2 aromatic carbocycles. The van der Waals surface area contributed by atoms with Gasteiger partial charge in [-0.25, -0.2) is 4.39 Å². The van der Waals surface area contributed by atoms with Gasteiger partial charge in [-0.1, -0.05) is 29.2 Å². The molecule has 9 heteroatoms. The molecule has 0 saturated heterocycles. The van der Waals surface area contributed by atoms with Gasteiger partial charge in [0, 0.05) is 11.4 Å². The Kier molecular flexibility index (Phi) is 6.03. The van der Waals surface area contributed by atoms with Crippen LogP contribution in [0.3, 0.4) is 0 Å². The van der Waals surface area contributed by atoms with E-state index in [2.05, 4.69) is 20.8 Å². The molecule has 26 heavy (non-hydrogen) atoms. The number of thioether (sulfide) groups is 1. The largest absolute Gasteiger partial charge is 0.497 e. The second-order valence-electron chi connectivity index (χ2n) is 5.07. The number of methoxy groups -OCH3 is 1. The van der Waals surface area contributed by atoms with Crippen molar-refractivity contribution < 1.29 is 13.9 Å². The monoisotopic (exact) mass is 390 g/mol. The Labute approximate surface area is 157 Å². The number of halogens is 1. The van der Waals surface area contributed by atoms with Crippen molar-refractivity contribution in [1.29, 1.82) is 0 Å². The van der Waals surface area contributed by atoms with Crippen molar-refractivity contribution >= 4 is 45.5 Å². The Bertz CT molecular complexity index is 886. The Morgan fingerprint density at radius 2 is 2.00 bits per heavy atom. The Morgan fingerprint density at radius 3 is 2.73 bits per heavy atom. The molecule has 0 atom stereocenters. The predicted molar refractivity (Wildman–Crippen MR) is 102 cm³/mol. The standard InChI is InChI=1S/C17H15FN4O2S2/c1-24-14-7-5-12(6-8-14)19-15(23)10-25-17-22-21-16(26-17)20-13-4-2-3-11(18)9-13/h2-9H,10H2,1H3,(H,19,23)(H,20,21). The van der Waals surface area contributed by atoms with E-state index >= 15 is 0 Å². The molecule has 0 saturated carbocycles. The number of hydrogen-bond donors (Lipinski definition) is 2. The van der Waals surface area contributed by atoms with Gasteiger partial charge >= 0.3 is 0 Å². The van der Waals surface area contributed by atoms with Crippen molar-refractivity contribution in [2.45, 2.75) is 4.34 Å². The van der Waals surface area contributed by atoms with E-state index in [1.54, 1.807) is 43.5 Å². The molecular formula is C17H15FN4O2S2. The smallest absolute Gasteiger partial charge is 0.234 e. The minimum Gasteiger partial charge on any atom is -0.497 e. The highest BCUT2D eigenvalue weighted by Gasteiger charge is 2.09. The lowest BCUT2D eigenvalue weighted by Crippen LogP contribution is -2.13. The number of nitrogens with zero attached hydrogens (tertiary/aromatic N) is 2. The fourth-order valence-corrected chi connectivity index (χ4v) is 3.58. The first-order chi connectivity index (χ1) is 12.6. The summed E-state index contributed by atoms with van der Waals surface area (Å²) in [5.41, 5.74) is 1.29. The third-order valence-electron chi connectivity index (χ3n) is 3.18. The summed E-state index contributed by atoms with van der Waals surface area (Å²) < 4.78 is 18.9. The number of ether oxygens (including phenoxy) is 1. The first-order valence-corrected chi connectivity index (χ1v) is 9.35. The summed E-state index contributed by atoms with van der Waals surface area (Å²) in [6.45, 7) is 0. The van der Waals surface area contributed by atoms with E-state index < -0.39 is 0 Å². The highest BCUT2D eigenvalue weighted by Crippen LogP contribution is 2.28. The van der Waals surface area contributed by atoms with Crippen LogP contribution in [0.5, 0.6) is 5.75 Å². The molecule has 134 valence electrons. The number of carbonyl (C=O) groups excluding carboxylic acids is 1. The highest BCUT2D eigenvalue weighted by atomic mass is 32.2. The number of hydrogen-bond acceptors (Lipinski definition) is 7. The predicted octanol–water partition coefficient (Wildman–Crippen LogP) is 4.16. The van der Waals surface area contributed by atoms with Crippen LogP contribution < -0.4 is 15.4 Å². The average molecular weight is 390 g/mol. The molecule has 6 nitrogen and oxygen atoms in total. The Morgan fingerprint density at radius 1 is 1.19 bits per heavy atom. The number of carbonyl (C=O) groups is 1. The van der Waals surface area contributed by atoms with Crippen molar-refractivity contribution in [3.05, 3.63) is 54.3 Å². The van der Waals surface area contributed by atoms with Gasteiger partial charge in [0.25, 0.3) is 0 Å². The molecule has 0 aliphatic rings. The number of benzene rings is 2. The van der Waals surface area contributed by atoms with Crippen molar-refractivity contribution in [3.8, 4) is 5.75 Å². The molecule has 0 aliphatic carbocycles. The van der Waals surface area contributed by atoms with Gasteiger partial charge in [0.1, 0.15) is 11.6 Å². The van der Waals surface area contributed by atoms with E-state index in [4.69, 9.17) is 4.74 Å².